The molecule has 2 aliphatic rings. The number of hydrogen-bond acceptors (Lipinski definition) is 10. The summed E-state index contributed by atoms with van der Waals surface area (Å²) in [7, 11) is 0. The Morgan fingerprint density at radius 3 is 2.65 bits per heavy atom. The van der Waals surface area contributed by atoms with Crippen molar-refractivity contribution in [3.8, 4) is 11.4 Å². The number of nitrogens with zero attached hydrogens (tertiary/aromatic N) is 5. The van der Waals surface area contributed by atoms with Crippen molar-refractivity contribution >= 4 is 63.3 Å². The van der Waals surface area contributed by atoms with E-state index in [1.165, 1.54) is 11.3 Å². The van der Waals surface area contributed by atoms with Gasteiger partial charge in [0.15, 0.2) is 5.13 Å². The summed E-state index contributed by atoms with van der Waals surface area (Å²) < 4.78 is 5.32. The van der Waals surface area contributed by atoms with E-state index in [4.69, 9.17) is 32.9 Å². The topological polar surface area (TPSA) is 145 Å². The predicted molar refractivity (Wildman–Crippen MR) is 166 cm³/mol. The number of thiazole rings is 1. The van der Waals surface area contributed by atoms with E-state index in [2.05, 4.69) is 37.4 Å². The summed E-state index contributed by atoms with van der Waals surface area (Å²) in [6.45, 7) is 9.01. The van der Waals surface area contributed by atoms with Crippen molar-refractivity contribution < 1.29 is 19.1 Å². The summed E-state index contributed by atoms with van der Waals surface area (Å²) in [5.41, 5.74) is 1.77. The Labute approximate surface area is 263 Å². The van der Waals surface area contributed by atoms with Gasteiger partial charge in [-0.3, -0.25) is 9.59 Å². The number of aromatic amines is 1. The van der Waals surface area contributed by atoms with Crippen molar-refractivity contribution in [1.82, 2.24) is 30.2 Å². The number of likely N-dealkylation sites (tertiary alicyclic amines) is 1. The van der Waals surface area contributed by atoms with Crippen LogP contribution in [-0.4, -0.2) is 88.0 Å². The third-order valence-corrected chi connectivity index (χ3v) is 9.65. The molecule has 1 unspecified atom stereocenters. The first kappa shape index (κ1) is 31.0. The first-order valence-corrected chi connectivity index (χ1v) is 15.8. The number of hydrogen-bond donors (Lipinski definition) is 3. The number of amides is 2. The SMILES string of the molecule is CCOC(=O)c1sc(N2CCC(NC(=O)c3[nH]c(C)c(Cl)c3Cl)[C@@H](C)C2)nc1-c1cnc(NCCN2CCCC2=O)cn1. The molecule has 3 aromatic rings. The van der Waals surface area contributed by atoms with Crippen LogP contribution >= 0.6 is 34.5 Å². The molecule has 2 saturated heterocycles. The summed E-state index contributed by atoms with van der Waals surface area (Å²) >= 11 is 13.6. The van der Waals surface area contributed by atoms with Gasteiger partial charge in [-0.2, -0.15) is 0 Å². The van der Waals surface area contributed by atoms with Crippen molar-refractivity contribution in [1.29, 1.82) is 0 Å². The molecule has 0 radical (unpaired) electrons. The van der Waals surface area contributed by atoms with E-state index in [9.17, 15) is 14.4 Å². The molecule has 2 amide bonds. The number of aryl methyl sites for hydroxylation is 1. The first-order valence-electron chi connectivity index (χ1n) is 14.3. The van der Waals surface area contributed by atoms with E-state index >= 15 is 0 Å². The number of H-pyrrole nitrogens is 1. The van der Waals surface area contributed by atoms with Gasteiger partial charge in [0.2, 0.25) is 5.91 Å². The highest BCUT2D eigenvalue weighted by Crippen LogP contribution is 2.35. The molecule has 0 aromatic carbocycles. The van der Waals surface area contributed by atoms with Gasteiger partial charge in [0.05, 0.1) is 29.0 Å². The van der Waals surface area contributed by atoms with Crippen LogP contribution in [0.15, 0.2) is 12.4 Å². The lowest BCUT2D eigenvalue weighted by atomic mass is 9.94. The summed E-state index contributed by atoms with van der Waals surface area (Å²) in [5, 5.41) is 7.50. The number of aromatic nitrogens is 4. The van der Waals surface area contributed by atoms with Crippen molar-refractivity contribution in [3.05, 3.63) is 38.7 Å². The van der Waals surface area contributed by atoms with E-state index < -0.39 is 5.97 Å². The Kier molecular flexibility index (Phi) is 9.72. The number of ether oxygens (including phenoxy) is 1. The summed E-state index contributed by atoms with van der Waals surface area (Å²) in [5.74, 6) is 0.0706. The van der Waals surface area contributed by atoms with E-state index in [0.717, 1.165) is 13.0 Å². The monoisotopic (exact) mass is 648 g/mol. The number of nitrogens with one attached hydrogen (secondary N) is 3. The average Bonchev–Trinajstić information content (AvgIpc) is 3.69. The Balaban J connectivity index is 1.26. The lowest BCUT2D eigenvalue weighted by molar-refractivity contribution is -0.127. The summed E-state index contributed by atoms with van der Waals surface area (Å²) in [6, 6.07) is -0.0827. The van der Waals surface area contributed by atoms with Gasteiger partial charge in [0.1, 0.15) is 27.8 Å². The van der Waals surface area contributed by atoms with Gasteiger partial charge in [0.25, 0.3) is 5.91 Å². The fourth-order valence-electron chi connectivity index (χ4n) is 5.26. The maximum absolute atomic E-state index is 12.9. The highest BCUT2D eigenvalue weighted by Gasteiger charge is 2.32. The van der Waals surface area contributed by atoms with Crippen molar-refractivity contribution in [3.63, 3.8) is 0 Å². The van der Waals surface area contributed by atoms with Gasteiger partial charge in [-0.25, -0.2) is 19.7 Å². The van der Waals surface area contributed by atoms with E-state index in [1.807, 2.05) is 4.90 Å². The largest absolute Gasteiger partial charge is 0.462 e. The van der Waals surface area contributed by atoms with E-state index in [-0.39, 0.29) is 41.1 Å². The van der Waals surface area contributed by atoms with Gasteiger partial charge < -0.3 is 30.2 Å². The lowest BCUT2D eigenvalue weighted by Crippen LogP contribution is -2.50. The minimum atomic E-state index is -0.465. The van der Waals surface area contributed by atoms with Gasteiger partial charge >= 0.3 is 5.97 Å². The van der Waals surface area contributed by atoms with Crippen LogP contribution in [0.1, 0.15) is 59.0 Å². The molecule has 0 bridgehead atoms. The van der Waals surface area contributed by atoms with Crippen LogP contribution in [0.2, 0.25) is 10.0 Å². The smallest absolute Gasteiger partial charge is 0.350 e. The van der Waals surface area contributed by atoms with Gasteiger partial charge in [-0.1, -0.05) is 41.5 Å². The Bertz CT molecular complexity index is 1490. The van der Waals surface area contributed by atoms with Crippen LogP contribution in [0.5, 0.6) is 0 Å². The third kappa shape index (κ3) is 6.89. The van der Waals surface area contributed by atoms with E-state index in [0.29, 0.717) is 77.0 Å². The predicted octanol–water partition coefficient (Wildman–Crippen LogP) is 4.40. The van der Waals surface area contributed by atoms with Crippen LogP contribution < -0.4 is 15.5 Å². The number of anilines is 2. The average molecular weight is 650 g/mol. The maximum atomic E-state index is 12.9. The highest BCUT2D eigenvalue weighted by atomic mass is 35.5. The maximum Gasteiger partial charge on any atom is 0.350 e. The fraction of sp³-hybridized carbons (Fsp3) is 0.500. The highest BCUT2D eigenvalue weighted by molar-refractivity contribution is 7.17. The quantitative estimate of drug-likeness (QED) is 0.272. The summed E-state index contributed by atoms with van der Waals surface area (Å²) in [6.07, 6.45) is 5.35. The minimum absolute atomic E-state index is 0.0827. The molecule has 2 aliphatic heterocycles. The van der Waals surface area contributed by atoms with Crippen LogP contribution in [0.3, 0.4) is 0 Å². The third-order valence-electron chi connectivity index (χ3n) is 7.60. The second-order valence-corrected chi connectivity index (χ2v) is 12.4. The molecule has 230 valence electrons. The molecular weight excluding hydrogens is 615 g/mol. The molecule has 3 aromatic heterocycles. The number of carbonyl (C=O) groups excluding carboxylic acids is 3. The zero-order chi connectivity index (χ0) is 30.7. The minimum Gasteiger partial charge on any atom is -0.462 e. The standard InChI is InChI=1S/C28H34Cl2N8O4S/c1-4-42-27(41)25-23(18-12-33-19(13-32-18)31-8-11-37-9-5-6-20(37)39)36-28(43-25)38-10-7-17(15(2)14-38)35-26(40)24-22(30)21(29)16(3)34-24/h12-13,15,17,34H,4-11,14H2,1-3H3,(H,31,33)(H,35,40)/t15-,17?/m0/s1. The van der Waals surface area contributed by atoms with Crippen molar-refractivity contribution in [2.75, 3.05) is 49.5 Å². The number of rotatable bonds is 10. The fourth-order valence-corrected chi connectivity index (χ4v) is 6.68. The van der Waals surface area contributed by atoms with Crippen LogP contribution in [0.4, 0.5) is 10.9 Å². The van der Waals surface area contributed by atoms with E-state index in [1.54, 1.807) is 26.2 Å². The Morgan fingerprint density at radius 2 is 2.02 bits per heavy atom. The zero-order valence-corrected chi connectivity index (χ0v) is 26.5. The van der Waals surface area contributed by atoms with Gasteiger partial charge in [-0.15, -0.1) is 0 Å². The molecular formula is C28H34Cl2N8O4S. The van der Waals surface area contributed by atoms with Crippen LogP contribution in [0.25, 0.3) is 11.4 Å². The van der Waals surface area contributed by atoms with Gasteiger partial charge in [-0.05, 0) is 32.6 Å². The van der Waals surface area contributed by atoms with Crippen LogP contribution in [0, 0.1) is 12.8 Å². The molecule has 15 heteroatoms. The van der Waals surface area contributed by atoms with Crippen molar-refractivity contribution in [2.24, 2.45) is 5.92 Å². The second-order valence-electron chi connectivity index (χ2n) is 10.6. The van der Waals surface area contributed by atoms with Crippen molar-refractivity contribution in [2.45, 2.75) is 46.1 Å². The lowest BCUT2D eigenvalue weighted by Gasteiger charge is -2.37. The molecule has 43 heavy (non-hydrogen) atoms. The molecule has 12 nitrogen and oxygen atoms in total. The number of piperidine rings is 1. The zero-order valence-electron chi connectivity index (χ0n) is 24.2. The second kappa shape index (κ2) is 13.5. The summed E-state index contributed by atoms with van der Waals surface area (Å²) in [4.78, 5) is 58.6. The molecule has 0 saturated carbocycles. The number of carbonyl (C=O) groups is 3. The Hall–Kier alpha value is -3.42. The Morgan fingerprint density at radius 1 is 1.21 bits per heavy atom. The molecule has 0 aliphatic carbocycles. The molecule has 3 N–H and O–H groups in total. The molecule has 5 heterocycles. The normalized spacial score (nSPS) is 18.7. The number of halogens is 2. The van der Waals surface area contributed by atoms with Gasteiger partial charge in [0, 0.05) is 50.9 Å². The molecule has 2 fully saturated rings. The molecule has 2 atom stereocenters. The number of esters is 1. The molecule has 0 spiro atoms. The first-order chi connectivity index (χ1) is 20.7. The molecule has 5 rings (SSSR count). The van der Waals surface area contributed by atoms with Crippen LogP contribution in [-0.2, 0) is 9.53 Å².